The number of phenols is 1. The van der Waals surface area contributed by atoms with Crippen molar-refractivity contribution in [1.29, 1.82) is 0 Å². The molecular formula is C24H22BrFN2O4S. The molecule has 0 aliphatic carbocycles. The summed E-state index contributed by atoms with van der Waals surface area (Å²) in [4.78, 5) is 15.1. The number of methoxy groups -OCH3 is 1. The van der Waals surface area contributed by atoms with Crippen LogP contribution in [0.2, 0.25) is 0 Å². The normalized spacial score (nSPS) is 16.1. The Kier molecular flexibility index (Phi) is 6.71. The van der Waals surface area contributed by atoms with Gasteiger partial charge in [0.05, 0.1) is 23.0 Å². The van der Waals surface area contributed by atoms with Crippen LogP contribution in [0.3, 0.4) is 0 Å². The van der Waals surface area contributed by atoms with Crippen molar-refractivity contribution in [3.05, 3.63) is 64.4 Å². The van der Waals surface area contributed by atoms with Gasteiger partial charge in [0.2, 0.25) is 0 Å². The summed E-state index contributed by atoms with van der Waals surface area (Å²) >= 11 is 4.45. The first-order valence-electron chi connectivity index (χ1n) is 10.1. The molecule has 3 aromatic carbocycles. The molecule has 4 rings (SSSR count). The number of fused-ring (bicyclic) bond motifs is 6. The molecule has 1 amide bonds. The number of hydrogen-bond acceptors (Lipinski definition) is 6. The van der Waals surface area contributed by atoms with Gasteiger partial charge in [0.1, 0.15) is 29.2 Å². The van der Waals surface area contributed by atoms with Crippen LogP contribution in [0.25, 0.3) is 11.1 Å². The van der Waals surface area contributed by atoms with Gasteiger partial charge in [0.15, 0.2) is 0 Å². The first-order valence-corrected chi connectivity index (χ1v) is 11.7. The highest BCUT2D eigenvalue weighted by Crippen LogP contribution is 2.40. The van der Waals surface area contributed by atoms with E-state index in [-0.39, 0.29) is 17.8 Å². The zero-order valence-corrected chi connectivity index (χ0v) is 20.6. The van der Waals surface area contributed by atoms with Gasteiger partial charge in [-0.1, -0.05) is 0 Å². The summed E-state index contributed by atoms with van der Waals surface area (Å²) in [6.07, 6.45) is -0.380. The molecule has 4 bridgehead atoms. The number of benzene rings is 3. The maximum absolute atomic E-state index is 14.9. The second kappa shape index (κ2) is 9.52. The molecule has 1 atom stereocenters. The van der Waals surface area contributed by atoms with Gasteiger partial charge in [0.25, 0.3) is 5.91 Å². The van der Waals surface area contributed by atoms with E-state index in [1.807, 2.05) is 6.92 Å². The number of hydrogen-bond donors (Lipinski definition) is 2. The third-order valence-corrected chi connectivity index (χ3v) is 6.68. The van der Waals surface area contributed by atoms with Crippen molar-refractivity contribution >= 4 is 39.5 Å². The summed E-state index contributed by atoms with van der Waals surface area (Å²) in [6, 6.07) is 13.0. The van der Waals surface area contributed by atoms with E-state index in [1.165, 1.54) is 6.07 Å². The van der Waals surface area contributed by atoms with Crippen LogP contribution in [0, 0.1) is 5.82 Å². The van der Waals surface area contributed by atoms with E-state index >= 15 is 0 Å². The number of carbonyl (C=O) groups is 1. The lowest BCUT2D eigenvalue weighted by molar-refractivity contribution is 0.0727. The maximum atomic E-state index is 14.9. The van der Waals surface area contributed by atoms with Gasteiger partial charge in [-0.3, -0.25) is 4.79 Å². The average molecular weight is 533 g/mol. The Bertz CT molecular complexity index is 1220. The molecule has 6 nitrogen and oxygen atoms in total. The number of nitrogens with one attached hydrogen (secondary N) is 1. The Morgan fingerprint density at radius 3 is 2.76 bits per heavy atom. The van der Waals surface area contributed by atoms with Gasteiger partial charge >= 0.3 is 0 Å². The number of halogens is 2. The topological polar surface area (TPSA) is 71.0 Å². The minimum atomic E-state index is -0.416. The predicted octanol–water partition coefficient (Wildman–Crippen LogP) is 5.94. The van der Waals surface area contributed by atoms with Crippen molar-refractivity contribution in [1.82, 2.24) is 4.90 Å². The molecular weight excluding hydrogens is 511 g/mol. The SMILES string of the molecule is COc1ccc2c(c1)-c1cc(ccc1F)NSc1cc(cc(Br)c1O)C(=O)N(C)CC(C)O2. The predicted molar refractivity (Wildman–Crippen MR) is 131 cm³/mol. The summed E-state index contributed by atoms with van der Waals surface area (Å²) in [5.41, 5.74) is 1.89. The molecule has 1 aliphatic rings. The fraction of sp³-hybridized carbons (Fsp3) is 0.208. The molecule has 0 saturated carbocycles. The molecule has 1 aliphatic heterocycles. The van der Waals surface area contributed by atoms with Gasteiger partial charge in [-0.15, -0.1) is 0 Å². The molecule has 3 aromatic rings. The molecule has 0 spiro atoms. The van der Waals surface area contributed by atoms with Crippen LogP contribution in [-0.2, 0) is 0 Å². The number of carbonyl (C=O) groups excluding carboxylic acids is 1. The van der Waals surface area contributed by atoms with Gasteiger partial charge in [0, 0.05) is 29.4 Å². The molecule has 1 unspecified atom stereocenters. The third kappa shape index (κ3) is 4.89. The smallest absolute Gasteiger partial charge is 0.253 e. The molecule has 9 heteroatoms. The van der Waals surface area contributed by atoms with Gasteiger partial charge in [-0.05, 0) is 83.3 Å². The number of phenolic OH excluding ortho intramolecular Hbond substituents is 1. The van der Waals surface area contributed by atoms with Crippen LogP contribution < -0.4 is 14.2 Å². The van der Waals surface area contributed by atoms with Gasteiger partial charge < -0.3 is 24.2 Å². The number of aromatic hydroxyl groups is 1. The van der Waals surface area contributed by atoms with Crippen molar-refractivity contribution in [3.63, 3.8) is 0 Å². The average Bonchev–Trinajstić information content (AvgIpc) is 2.80. The first-order chi connectivity index (χ1) is 15.8. The zero-order valence-electron chi connectivity index (χ0n) is 18.2. The molecule has 0 aromatic heterocycles. The van der Waals surface area contributed by atoms with Crippen molar-refractivity contribution in [2.75, 3.05) is 25.4 Å². The van der Waals surface area contributed by atoms with Crippen molar-refractivity contribution in [3.8, 4) is 28.4 Å². The van der Waals surface area contributed by atoms with Crippen LogP contribution >= 0.6 is 27.9 Å². The molecule has 1 heterocycles. The number of rotatable bonds is 1. The van der Waals surface area contributed by atoms with Crippen molar-refractivity contribution in [2.45, 2.75) is 17.9 Å². The van der Waals surface area contributed by atoms with Crippen molar-refractivity contribution in [2.24, 2.45) is 0 Å². The fourth-order valence-corrected chi connectivity index (χ4v) is 4.92. The highest BCUT2D eigenvalue weighted by atomic mass is 79.9. The minimum Gasteiger partial charge on any atom is -0.506 e. The summed E-state index contributed by atoms with van der Waals surface area (Å²) in [7, 11) is 3.23. The Hall–Kier alpha value is -2.91. The number of nitrogens with zero attached hydrogens (tertiary/aromatic N) is 1. The largest absolute Gasteiger partial charge is 0.506 e. The maximum Gasteiger partial charge on any atom is 0.253 e. The minimum absolute atomic E-state index is 0.00476. The summed E-state index contributed by atoms with van der Waals surface area (Å²) in [5.74, 6) is 0.409. The Morgan fingerprint density at radius 1 is 1.21 bits per heavy atom. The fourth-order valence-electron chi connectivity index (χ4n) is 3.58. The molecule has 0 saturated heterocycles. The van der Waals surface area contributed by atoms with E-state index in [0.29, 0.717) is 49.8 Å². The zero-order chi connectivity index (χ0) is 23.7. The van der Waals surface area contributed by atoms with E-state index in [4.69, 9.17) is 9.47 Å². The lowest BCUT2D eigenvalue weighted by Gasteiger charge is -2.24. The van der Waals surface area contributed by atoms with E-state index in [9.17, 15) is 14.3 Å². The van der Waals surface area contributed by atoms with E-state index in [2.05, 4.69) is 20.7 Å². The van der Waals surface area contributed by atoms with Gasteiger partial charge in [-0.25, -0.2) is 4.39 Å². The lowest BCUT2D eigenvalue weighted by Crippen LogP contribution is -2.35. The van der Waals surface area contributed by atoms with E-state index in [1.54, 1.807) is 61.5 Å². The molecule has 33 heavy (non-hydrogen) atoms. The quantitative estimate of drug-likeness (QED) is 0.378. The summed E-state index contributed by atoms with van der Waals surface area (Å²) < 4.78 is 29.9. The summed E-state index contributed by atoms with van der Waals surface area (Å²) in [5, 5.41) is 10.5. The third-order valence-electron chi connectivity index (χ3n) is 5.20. The van der Waals surface area contributed by atoms with Crippen molar-refractivity contribution < 1.29 is 23.8 Å². The monoisotopic (exact) mass is 532 g/mol. The molecule has 2 N–H and O–H groups in total. The summed E-state index contributed by atoms with van der Waals surface area (Å²) in [6.45, 7) is 2.14. The van der Waals surface area contributed by atoms with Crippen LogP contribution in [0.5, 0.6) is 17.2 Å². The van der Waals surface area contributed by atoms with E-state index in [0.717, 1.165) is 11.9 Å². The van der Waals surface area contributed by atoms with Gasteiger partial charge in [-0.2, -0.15) is 0 Å². The van der Waals surface area contributed by atoms with E-state index < -0.39 is 5.82 Å². The Morgan fingerprint density at radius 2 is 2.00 bits per heavy atom. The number of ether oxygens (including phenoxy) is 2. The number of likely N-dealkylation sites (N-methyl/N-ethyl adjacent to an activating group) is 1. The highest BCUT2D eigenvalue weighted by Gasteiger charge is 2.21. The molecule has 172 valence electrons. The number of amides is 1. The molecule has 0 fully saturated rings. The Labute approximate surface area is 204 Å². The van der Waals surface area contributed by atoms with Crippen LogP contribution in [0.4, 0.5) is 10.1 Å². The van der Waals surface area contributed by atoms with Crippen LogP contribution in [0.1, 0.15) is 17.3 Å². The molecule has 0 radical (unpaired) electrons. The highest BCUT2D eigenvalue weighted by molar-refractivity contribution is 9.10. The second-order valence-electron chi connectivity index (χ2n) is 7.68. The van der Waals surface area contributed by atoms with Crippen LogP contribution in [-0.4, -0.2) is 42.7 Å². The first kappa shape index (κ1) is 23.3. The van der Waals surface area contributed by atoms with Crippen LogP contribution in [0.15, 0.2) is 57.9 Å². The second-order valence-corrected chi connectivity index (χ2v) is 9.38. The number of anilines is 1. The Balaban J connectivity index is 1.85. The lowest BCUT2D eigenvalue weighted by atomic mass is 10.0. The standard InChI is InChI=1S/C24H22BrFN2O4S/c1-13-12-28(2)24(30)14-8-19(25)23(29)22(9-14)33-27-15-4-6-20(26)17(10-15)18-11-16(31-3)5-7-21(18)32-13/h4-11,13,27,29H,12H2,1-3H3.